The maximum atomic E-state index is 13.5. The first-order valence-corrected chi connectivity index (χ1v) is 12.4. The van der Waals surface area contributed by atoms with Gasteiger partial charge >= 0.3 is 6.03 Å². The van der Waals surface area contributed by atoms with Crippen LogP contribution in [0.15, 0.2) is 26.1 Å². The summed E-state index contributed by atoms with van der Waals surface area (Å²) < 4.78 is 7.45. The standard InChI is InChI=1S/C21H21Br2ClN4O4/c1-19(2)13(24)7-20-9-5-14(29)27(20)17(32-3)15(30)16-21(19,26-18(31)25-16)28(20)12-6-11(23)10(22)4-8(9)12/h4,6,9,13,15,17,30H,5,7H2,1-3H3,(H,26,31)/t9-,13+,15-,17+,20+,21-/m1/s1. The monoisotopic (exact) mass is 586 g/mol. The van der Waals surface area contributed by atoms with Gasteiger partial charge in [-0.1, -0.05) is 13.8 Å². The van der Waals surface area contributed by atoms with Crippen molar-refractivity contribution in [1.29, 1.82) is 0 Å². The molecule has 5 heterocycles. The topological polar surface area (TPSA) is 94.5 Å². The number of piperidine rings is 1. The fourth-order valence-corrected chi connectivity index (χ4v) is 7.84. The number of fused-ring (bicyclic) bond motifs is 2. The molecular formula is C21H21Br2ClN4O4. The number of methoxy groups -OCH3 is 1. The molecule has 5 aliphatic heterocycles. The van der Waals surface area contributed by atoms with Crippen LogP contribution in [0.25, 0.3) is 0 Å². The van der Waals surface area contributed by atoms with Gasteiger partial charge in [-0.2, -0.15) is 4.99 Å². The molecule has 3 saturated heterocycles. The van der Waals surface area contributed by atoms with E-state index in [9.17, 15) is 14.7 Å². The molecule has 1 aromatic rings. The van der Waals surface area contributed by atoms with Gasteiger partial charge in [-0.05, 0) is 49.6 Å². The molecule has 170 valence electrons. The van der Waals surface area contributed by atoms with E-state index >= 15 is 0 Å². The van der Waals surface area contributed by atoms with E-state index < -0.39 is 40.5 Å². The summed E-state index contributed by atoms with van der Waals surface area (Å²) in [6.45, 7) is 3.95. The molecule has 2 spiro atoms. The van der Waals surface area contributed by atoms with Gasteiger partial charge in [0.2, 0.25) is 5.91 Å². The maximum absolute atomic E-state index is 13.5. The molecule has 6 rings (SSSR count). The summed E-state index contributed by atoms with van der Waals surface area (Å²) in [5.41, 5.74) is -0.796. The summed E-state index contributed by atoms with van der Waals surface area (Å²) in [5.74, 6) is -0.341. The van der Waals surface area contributed by atoms with Gasteiger partial charge in [-0.15, -0.1) is 11.6 Å². The first kappa shape index (κ1) is 21.3. The number of benzene rings is 1. The Bertz CT molecular complexity index is 1150. The Hall–Kier alpha value is -1.20. The van der Waals surface area contributed by atoms with Crippen molar-refractivity contribution in [2.75, 3.05) is 12.0 Å². The number of amides is 3. The van der Waals surface area contributed by atoms with E-state index in [-0.39, 0.29) is 24.0 Å². The molecule has 2 bridgehead atoms. The predicted octanol–water partition coefficient (Wildman–Crippen LogP) is 3.29. The lowest BCUT2D eigenvalue weighted by atomic mass is 9.64. The molecule has 0 radical (unpaired) electrons. The number of carbonyl (C=O) groups excluding carboxylic acids is 2. The number of anilines is 1. The van der Waals surface area contributed by atoms with Crippen molar-refractivity contribution in [1.82, 2.24) is 10.2 Å². The molecule has 6 atom stereocenters. The van der Waals surface area contributed by atoms with Crippen LogP contribution in [0.1, 0.15) is 38.2 Å². The molecule has 3 fully saturated rings. The number of nitrogens with one attached hydrogen (secondary N) is 1. The second-order valence-corrected chi connectivity index (χ2v) is 11.9. The normalized spacial score (nSPS) is 40.5. The van der Waals surface area contributed by atoms with Crippen LogP contribution in [0, 0.1) is 5.41 Å². The van der Waals surface area contributed by atoms with Crippen molar-refractivity contribution in [3.63, 3.8) is 0 Å². The molecule has 8 nitrogen and oxygen atoms in total. The van der Waals surface area contributed by atoms with Crippen molar-refractivity contribution in [2.45, 2.75) is 61.6 Å². The Morgan fingerprint density at radius 2 is 1.97 bits per heavy atom. The van der Waals surface area contributed by atoms with E-state index in [4.69, 9.17) is 16.3 Å². The van der Waals surface area contributed by atoms with Gasteiger partial charge in [-0.25, -0.2) is 4.79 Å². The molecule has 0 aliphatic carbocycles. The third-order valence-corrected chi connectivity index (χ3v) is 10.7. The van der Waals surface area contributed by atoms with Crippen LogP contribution in [-0.4, -0.2) is 63.8 Å². The van der Waals surface area contributed by atoms with Crippen LogP contribution in [0.5, 0.6) is 0 Å². The Labute approximate surface area is 206 Å². The predicted molar refractivity (Wildman–Crippen MR) is 125 cm³/mol. The minimum Gasteiger partial charge on any atom is -0.382 e. The fourth-order valence-electron chi connectivity index (χ4n) is 6.76. The van der Waals surface area contributed by atoms with Crippen LogP contribution in [-0.2, 0) is 9.53 Å². The minimum atomic E-state index is -1.30. The fraction of sp³-hybridized carbons (Fsp3) is 0.571. The zero-order valence-corrected chi connectivity index (χ0v) is 21.5. The van der Waals surface area contributed by atoms with Gasteiger partial charge < -0.3 is 20.1 Å². The summed E-state index contributed by atoms with van der Waals surface area (Å²) in [6, 6.07) is 3.48. The Balaban J connectivity index is 1.78. The van der Waals surface area contributed by atoms with E-state index in [1.54, 1.807) is 4.90 Å². The third kappa shape index (κ3) is 2.07. The summed E-state index contributed by atoms with van der Waals surface area (Å²) in [6.07, 6.45) is -1.60. The molecular weight excluding hydrogens is 568 g/mol. The number of urea groups is 1. The summed E-state index contributed by atoms with van der Waals surface area (Å²) >= 11 is 14.3. The summed E-state index contributed by atoms with van der Waals surface area (Å²) in [7, 11) is 1.46. The molecule has 11 heteroatoms. The number of aliphatic imine (C=N–C) groups is 1. The number of carbonyl (C=O) groups is 2. The number of aliphatic hydroxyl groups is 1. The highest BCUT2D eigenvalue weighted by molar-refractivity contribution is 9.13. The third-order valence-electron chi connectivity index (χ3n) is 8.15. The molecule has 5 aliphatic rings. The lowest BCUT2D eigenvalue weighted by Gasteiger charge is -2.63. The second kappa shape index (κ2) is 6.27. The van der Waals surface area contributed by atoms with Gasteiger partial charge in [0.05, 0.1) is 0 Å². The number of hydrogen-bond donors (Lipinski definition) is 2. The zero-order chi connectivity index (χ0) is 23.0. The smallest absolute Gasteiger partial charge is 0.343 e. The van der Waals surface area contributed by atoms with Crippen LogP contribution < -0.4 is 10.2 Å². The van der Waals surface area contributed by atoms with Crippen LogP contribution in [0.3, 0.4) is 0 Å². The lowest BCUT2D eigenvalue weighted by molar-refractivity contribution is -0.159. The van der Waals surface area contributed by atoms with E-state index in [1.807, 2.05) is 26.0 Å². The van der Waals surface area contributed by atoms with Crippen molar-refractivity contribution in [3.8, 4) is 0 Å². The molecule has 0 aromatic heterocycles. The number of hydrogen-bond acceptors (Lipinski definition) is 5. The number of aliphatic hydroxyl groups excluding tert-OH is 1. The Morgan fingerprint density at radius 3 is 2.66 bits per heavy atom. The number of alkyl halides is 1. The van der Waals surface area contributed by atoms with Crippen LogP contribution >= 0.6 is 43.5 Å². The highest BCUT2D eigenvalue weighted by atomic mass is 79.9. The second-order valence-electron chi connectivity index (χ2n) is 9.66. The van der Waals surface area contributed by atoms with E-state index in [1.165, 1.54) is 7.11 Å². The number of rotatable bonds is 1. The van der Waals surface area contributed by atoms with Crippen molar-refractivity contribution >= 4 is 66.8 Å². The zero-order valence-electron chi connectivity index (χ0n) is 17.5. The highest BCUT2D eigenvalue weighted by Gasteiger charge is 2.79. The quantitative estimate of drug-likeness (QED) is 0.492. The number of ether oxygens (including phenoxy) is 1. The largest absolute Gasteiger partial charge is 0.382 e. The van der Waals surface area contributed by atoms with Crippen molar-refractivity contribution in [2.24, 2.45) is 10.4 Å². The lowest BCUT2D eigenvalue weighted by Crippen LogP contribution is -2.81. The molecule has 1 aromatic carbocycles. The number of halogens is 3. The average molecular weight is 589 g/mol. The van der Waals surface area contributed by atoms with E-state index in [2.05, 4.69) is 47.1 Å². The van der Waals surface area contributed by atoms with Gasteiger partial charge in [0.15, 0.2) is 11.9 Å². The molecule has 0 unspecified atom stereocenters. The Morgan fingerprint density at radius 1 is 1.28 bits per heavy atom. The van der Waals surface area contributed by atoms with Crippen molar-refractivity contribution in [3.05, 3.63) is 26.6 Å². The Kier molecular flexibility index (Phi) is 4.18. The summed E-state index contributed by atoms with van der Waals surface area (Å²) in [4.78, 5) is 34.3. The van der Waals surface area contributed by atoms with Gasteiger partial charge in [0, 0.05) is 51.3 Å². The van der Waals surface area contributed by atoms with Gasteiger partial charge in [0.1, 0.15) is 17.5 Å². The van der Waals surface area contributed by atoms with Crippen LogP contribution in [0.4, 0.5) is 10.5 Å². The van der Waals surface area contributed by atoms with E-state index in [0.717, 1.165) is 20.2 Å². The maximum Gasteiger partial charge on any atom is 0.343 e. The average Bonchev–Trinajstić information content (AvgIpc) is 3.27. The minimum absolute atomic E-state index is 0.124. The first-order chi connectivity index (χ1) is 15.0. The molecule has 0 saturated carbocycles. The van der Waals surface area contributed by atoms with Crippen molar-refractivity contribution < 1.29 is 19.4 Å². The SMILES string of the molecule is CO[C@H]1[C@H](O)C2=NC(=O)N[C@@]23N2c4cc(Br)c(Br)cc4[C@H]4CC(=O)N1[C@]42C[C@H](Cl)C3(C)C. The molecule has 32 heavy (non-hydrogen) atoms. The molecule has 3 amide bonds. The highest BCUT2D eigenvalue weighted by Crippen LogP contribution is 2.68. The van der Waals surface area contributed by atoms with E-state index in [0.29, 0.717) is 6.42 Å². The van der Waals surface area contributed by atoms with Crippen LogP contribution in [0.2, 0.25) is 0 Å². The van der Waals surface area contributed by atoms with Gasteiger partial charge in [-0.3, -0.25) is 9.69 Å². The first-order valence-electron chi connectivity index (χ1n) is 10.4. The number of nitrogens with zero attached hydrogens (tertiary/aromatic N) is 3. The summed E-state index contributed by atoms with van der Waals surface area (Å²) in [5, 5.41) is 14.2. The molecule has 2 N–H and O–H groups in total. The van der Waals surface area contributed by atoms with Gasteiger partial charge in [0.25, 0.3) is 0 Å².